The van der Waals surface area contributed by atoms with E-state index in [1.807, 2.05) is 19.1 Å². The van der Waals surface area contributed by atoms with Crippen molar-refractivity contribution in [2.75, 3.05) is 31.5 Å². The van der Waals surface area contributed by atoms with Crippen LogP contribution in [0.15, 0.2) is 47.6 Å². The standard InChI is InChI=1S/C25H32FN7O2S/c1-17(2)14-32-9-10-33(36(34,35)25-16-31(4)30-29-25)15-24(32)22-12-19(13-27)23(11-18(22)3)28-21-7-5-20(26)6-8-21/h5-8,11-13,16-17,24,27-28H,9-10,14-15H2,1-4H3/t24-/m1/s1. The molecule has 192 valence electrons. The Morgan fingerprint density at radius 1 is 1.22 bits per heavy atom. The van der Waals surface area contributed by atoms with Gasteiger partial charge in [0.1, 0.15) is 5.82 Å². The van der Waals surface area contributed by atoms with Crippen LogP contribution in [0.5, 0.6) is 0 Å². The number of hydrogen-bond acceptors (Lipinski definition) is 7. The molecular weight excluding hydrogens is 481 g/mol. The number of rotatable bonds is 8. The molecule has 1 fully saturated rings. The van der Waals surface area contributed by atoms with Crippen LogP contribution in [0.2, 0.25) is 0 Å². The highest BCUT2D eigenvalue weighted by Crippen LogP contribution is 2.34. The zero-order valence-electron chi connectivity index (χ0n) is 20.9. The number of nitrogens with one attached hydrogen (secondary N) is 2. The van der Waals surface area contributed by atoms with Crippen LogP contribution in [0, 0.1) is 24.1 Å². The van der Waals surface area contributed by atoms with Gasteiger partial charge in [0.05, 0.1) is 6.20 Å². The van der Waals surface area contributed by atoms with E-state index in [1.165, 1.54) is 33.5 Å². The van der Waals surface area contributed by atoms with Crippen molar-refractivity contribution < 1.29 is 12.8 Å². The highest BCUT2D eigenvalue weighted by Gasteiger charge is 2.37. The Morgan fingerprint density at radius 2 is 1.94 bits per heavy atom. The first kappa shape index (κ1) is 25.9. The maximum Gasteiger partial charge on any atom is 0.264 e. The second-order valence-electron chi connectivity index (χ2n) is 9.57. The average Bonchev–Trinajstić information content (AvgIpc) is 3.28. The Balaban J connectivity index is 1.69. The largest absolute Gasteiger partial charge is 0.355 e. The van der Waals surface area contributed by atoms with E-state index in [4.69, 9.17) is 5.41 Å². The lowest BCUT2D eigenvalue weighted by Crippen LogP contribution is -2.51. The van der Waals surface area contributed by atoms with Crippen molar-refractivity contribution in [3.8, 4) is 0 Å². The zero-order chi connectivity index (χ0) is 26.0. The molecule has 9 nitrogen and oxygen atoms in total. The maximum atomic E-state index is 13.3. The van der Waals surface area contributed by atoms with Gasteiger partial charge < -0.3 is 10.7 Å². The van der Waals surface area contributed by atoms with Gasteiger partial charge in [-0.25, -0.2) is 12.8 Å². The van der Waals surface area contributed by atoms with Crippen LogP contribution < -0.4 is 5.32 Å². The molecule has 0 spiro atoms. The van der Waals surface area contributed by atoms with Crippen molar-refractivity contribution in [1.82, 2.24) is 24.2 Å². The molecule has 36 heavy (non-hydrogen) atoms. The Kier molecular flexibility index (Phi) is 7.53. The van der Waals surface area contributed by atoms with E-state index in [0.717, 1.165) is 23.4 Å². The number of nitrogens with zero attached hydrogens (tertiary/aromatic N) is 5. The number of anilines is 2. The van der Waals surface area contributed by atoms with Gasteiger partial charge in [0.25, 0.3) is 10.0 Å². The summed E-state index contributed by atoms with van der Waals surface area (Å²) in [5.41, 5.74) is 4.05. The van der Waals surface area contributed by atoms with Gasteiger partial charge in [0, 0.05) is 62.4 Å². The molecule has 1 saturated heterocycles. The summed E-state index contributed by atoms with van der Waals surface area (Å²) >= 11 is 0. The normalized spacial score (nSPS) is 17.4. The third-order valence-corrected chi connectivity index (χ3v) is 8.04. The molecular formula is C25H32FN7O2S. The van der Waals surface area contributed by atoms with Crippen molar-refractivity contribution in [2.45, 2.75) is 31.8 Å². The van der Waals surface area contributed by atoms with Crippen molar-refractivity contribution in [3.63, 3.8) is 0 Å². The molecule has 1 atom stereocenters. The fourth-order valence-corrected chi connectivity index (χ4v) is 5.94. The summed E-state index contributed by atoms with van der Waals surface area (Å²) in [5, 5.41) is 18.9. The molecule has 1 aromatic heterocycles. The van der Waals surface area contributed by atoms with Gasteiger partial charge in [-0.3, -0.25) is 9.58 Å². The summed E-state index contributed by atoms with van der Waals surface area (Å²) in [6, 6.07) is 9.77. The first-order chi connectivity index (χ1) is 17.1. The highest BCUT2D eigenvalue weighted by molar-refractivity contribution is 7.89. The molecule has 0 unspecified atom stereocenters. The summed E-state index contributed by atoms with van der Waals surface area (Å²) < 4.78 is 42.8. The third kappa shape index (κ3) is 5.48. The van der Waals surface area contributed by atoms with Gasteiger partial charge in [-0.15, -0.1) is 5.10 Å². The number of aryl methyl sites for hydroxylation is 2. The summed E-state index contributed by atoms with van der Waals surface area (Å²) in [5.74, 6) is 0.0838. The lowest BCUT2D eigenvalue weighted by Gasteiger charge is -2.42. The number of sulfonamides is 1. The van der Waals surface area contributed by atoms with Crippen LogP contribution in [0.1, 0.15) is 36.6 Å². The predicted molar refractivity (Wildman–Crippen MR) is 138 cm³/mol. The Morgan fingerprint density at radius 3 is 2.56 bits per heavy atom. The van der Waals surface area contributed by atoms with Crippen molar-refractivity contribution >= 4 is 27.6 Å². The fourth-order valence-electron chi connectivity index (χ4n) is 4.59. The van der Waals surface area contributed by atoms with E-state index in [-0.39, 0.29) is 23.4 Å². The molecule has 0 saturated carbocycles. The second kappa shape index (κ2) is 10.5. The minimum absolute atomic E-state index is 0.0585. The topological polar surface area (TPSA) is 107 Å². The summed E-state index contributed by atoms with van der Waals surface area (Å²) in [7, 11) is -2.15. The van der Waals surface area contributed by atoms with Crippen LogP contribution in [-0.4, -0.2) is 65.0 Å². The van der Waals surface area contributed by atoms with E-state index in [9.17, 15) is 12.8 Å². The molecule has 0 radical (unpaired) electrons. The molecule has 0 aliphatic carbocycles. The van der Waals surface area contributed by atoms with E-state index < -0.39 is 10.0 Å². The number of aromatic nitrogens is 3. The first-order valence-electron chi connectivity index (χ1n) is 11.9. The molecule has 2 heterocycles. The molecule has 0 amide bonds. The van der Waals surface area contributed by atoms with Gasteiger partial charge in [0.2, 0.25) is 5.03 Å². The number of benzene rings is 2. The van der Waals surface area contributed by atoms with E-state index in [0.29, 0.717) is 30.3 Å². The summed E-state index contributed by atoms with van der Waals surface area (Å²) in [6.45, 7) is 8.31. The van der Waals surface area contributed by atoms with Crippen molar-refractivity contribution in [3.05, 3.63) is 65.1 Å². The van der Waals surface area contributed by atoms with E-state index in [2.05, 4.69) is 34.4 Å². The van der Waals surface area contributed by atoms with Gasteiger partial charge in [-0.2, -0.15) is 4.31 Å². The molecule has 0 bridgehead atoms. The molecule has 4 rings (SSSR count). The molecule has 11 heteroatoms. The Hall–Kier alpha value is -3.15. The van der Waals surface area contributed by atoms with Crippen molar-refractivity contribution in [2.24, 2.45) is 13.0 Å². The monoisotopic (exact) mass is 513 g/mol. The van der Waals surface area contributed by atoms with Gasteiger partial charge in [-0.05, 0) is 60.4 Å². The Bertz CT molecular complexity index is 1340. The fraction of sp³-hybridized carbons (Fsp3) is 0.400. The second-order valence-corrected chi connectivity index (χ2v) is 11.5. The minimum Gasteiger partial charge on any atom is -0.355 e. The SMILES string of the molecule is Cc1cc(Nc2ccc(F)cc2)c(C=N)cc1[C@H]1CN(S(=O)(=O)c2cn(C)nn2)CCN1CC(C)C. The number of piperazine rings is 1. The minimum atomic E-state index is -3.79. The highest BCUT2D eigenvalue weighted by atomic mass is 32.2. The van der Waals surface area contributed by atoms with E-state index >= 15 is 0 Å². The van der Waals surface area contributed by atoms with Crippen LogP contribution in [-0.2, 0) is 17.1 Å². The lowest BCUT2D eigenvalue weighted by molar-refractivity contribution is 0.105. The lowest BCUT2D eigenvalue weighted by atomic mass is 9.94. The van der Waals surface area contributed by atoms with Crippen LogP contribution in [0.25, 0.3) is 0 Å². The molecule has 2 aromatic carbocycles. The molecule has 2 N–H and O–H groups in total. The van der Waals surface area contributed by atoms with Crippen LogP contribution in [0.4, 0.5) is 15.8 Å². The van der Waals surface area contributed by atoms with Gasteiger partial charge in [0.15, 0.2) is 0 Å². The predicted octanol–water partition coefficient (Wildman–Crippen LogP) is 3.71. The van der Waals surface area contributed by atoms with Crippen LogP contribution in [0.3, 0.4) is 0 Å². The molecule has 1 aliphatic heterocycles. The van der Waals surface area contributed by atoms with Crippen molar-refractivity contribution in [1.29, 1.82) is 5.41 Å². The van der Waals surface area contributed by atoms with Gasteiger partial charge >= 0.3 is 0 Å². The molecule has 1 aliphatic rings. The molecule has 3 aromatic rings. The van der Waals surface area contributed by atoms with Gasteiger partial charge in [-0.1, -0.05) is 19.1 Å². The van der Waals surface area contributed by atoms with Crippen LogP contribution >= 0.6 is 0 Å². The number of hydrogen-bond donors (Lipinski definition) is 2. The summed E-state index contributed by atoms with van der Waals surface area (Å²) in [6.07, 6.45) is 2.69. The number of halogens is 1. The average molecular weight is 514 g/mol. The zero-order valence-corrected chi connectivity index (χ0v) is 21.8. The summed E-state index contributed by atoms with van der Waals surface area (Å²) in [4.78, 5) is 2.32. The quantitative estimate of drug-likeness (QED) is 0.445. The maximum absolute atomic E-state index is 13.3. The third-order valence-electron chi connectivity index (χ3n) is 6.32. The first-order valence-corrected chi connectivity index (χ1v) is 13.3. The smallest absolute Gasteiger partial charge is 0.264 e. The van der Waals surface area contributed by atoms with E-state index in [1.54, 1.807) is 19.2 Å². The Labute approximate surface area is 211 Å².